The zero-order valence-corrected chi connectivity index (χ0v) is 12.6. The SMILES string of the molecule is Cc1ccc(S(=O)(=O)Oc2cccc3c2CCCN3)cc1. The lowest BCUT2D eigenvalue weighted by atomic mass is 10.0. The first-order valence-electron chi connectivity index (χ1n) is 6.93. The molecule has 1 N–H and O–H groups in total. The Labute approximate surface area is 124 Å². The summed E-state index contributed by atoms with van der Waals surface area (Å²) in [7, 11) is -3.79. The van der Waals surface area contributed by atoms with Gasteiger partial charge in [-0.3, -0.25) is 0 Å². The van der Waals surface area contributed by atoms with Crippen LogP contribution in [0, 0.1) is 6.92 Å². The fourth-order valence-electron chi connectivity index (χ4n) is 2.43. The van der Waals surface area contributed by atoms with Crippen LogP contribution in [0.15, 0.2) is 47.4 Å². The molecule has 1 aliphatic rings. The molecule has 0 radical (unpaired) electrons. The minimum absolute atomic E-state index is 0.175. The lowest BCUT2D eigenvalue weighted by Gasteiger charge is -2.20. The van der Waals surface area contributed by atoms with E-state index in [2.05, 4.69) is 5.32 Å². The van der Waals surface area contributed by atoms with Crippen molar-refractivity contribution in [3.8, 4) is 5.75 Å². The van der Waals surface area contributed by atoms with E-state index in [4.69, 9.17) is 4.18 Å². The predicted molar refractivity (Wildman–Crippen MR) is 82.2 cm³/mol. The highest BCUT2D eigenvalue weighted by Gasteiger charge is 2.20. The second-order valence-corrected chi connectivity index (χ2v) is 6.71. The molecule has 3 rings (SSSR count). The zero-order chi connectivity index (χ0) is 14.9. The van der Waals surface area contributed by atoms with Crippen molar-refractivity contribution < 1.29 is 12.6 Å². The Morgan fingerprint density at radius 3 is 2.62 bits per heavy atom. The first-order chi connectivity index (χ1) is 10.1. The molecule has 0 fully saturated rings. The van der Waals surface area contributed by atoms with Gasteiger partial charge in [0.05, 0.1) is 0 Å². The summed E-state index contributed by atoms with van der Waals surface area (Å²) in [6, 6.07) is 12.1. The van der Waals surface area contributed by atoms with Crippen molar-refractivity contribution in [3.63, 3.8) is 0 Å². The maximum atomic E-state index is 12.4. The number of fused-ring (bicyclic) bond motifs is 1. The predicted octanol–water partition coefficient (Wildman–Crippen LogP) is 3.12. The highest BCUT2D eigenvalue weighted by atomic mass is 32.2. The van der Waals surface area contributed by atoms with Gasteiger partial charge in [-0.1, -0.05) is 23.8 Å². The molecule has 21 heavy (non-hydrogen) atoms. The van der Waals surface area contributed by atoms with E-state index in [0.29, 0.717) is 5.75 Å². The average Bonchev–Trinajstić information content (AvgIpc) is 2.48. The van der Waals surface area contributed by atoms with Gasteiger partial charge in [0.2, 0.25) is 0 Å². The van der Waals surface area contributed by atoms with E-state index >= 15 is 0 Å². The molecule has 1 aliphatic heterocycles. The second kappa shape index (κ2) is 5.41. The Bertz CT molecular complexity index is 752. The number of aryl methyl sites for hydroxylation is 1. The molecule has 0 saturated heterocycles. The molecule has 0 aromatic heterocycles. The Morgan fingerprint density at radius 1 is 1.10 bits per heavy atom. The van der Waals surface area contributed by atoms with E-state index in [1.54, 1.807) is 36.4 Å². The maximum absolute atomic E-state index is 12.4. The van der Waals surface area contributed by atoms with Crippen molar-refractivity contribution >= 4 is 15.8 Å². The fourth-order valence-corrected chi connectivity index (χ4v) is 3.38. The number of nitrogens with one attached hydrogen (secondary N) is 1. The topological polar surface area (TPSA) is 55.4 Å². The third-order valence-electron chi connectivity index (χ3n) is 3.56. The second-order valence-electron chi connectivity index (χ2n) is 5.16. The summed E-state index contributed by atoms with van der Waals surface area (Å²) in [4.78, 5) is 0.175. The van der Waals surface area contributed by atoms with Gasteiger partial charge in [-0.25, -0.2) is 0 Å². The molecule has 2 aromatic carbocycles. The molecule has 0 atom stereocenters. The van der Waals surface area contributed by atoms with Crippen molar-refractivity contribution in [1.29, 1.82) is 0 Å². The minimum atomic E-state index is -3.79. The van der Waals surface area contributed by atoms with Gasteiger partial charge in [-0.05, 0) is 44.0 Å². The summed E-state index contributed by atoms with van der Waals surface area (Å²) in [5, 5.41) is 3.26. The largest absolute Gasteiger partial charge is 0.385 e. The molecule has 5 heteroatoms. The van der Waals surface area contributed by atoms with Gasteiger partial charge in [-0.2, -0.15) is 8.42 Å². The van der Waals surface area contributed by atoms with Crippen LogP contribution in [0.3, 0.4) is 0 Å². The van der Waals surface area contributed by atoms with Gasteiger partial charge < -0.3 is 9.50 Å². The van der Waals surface area contributed by atoms with Gasteiger partial charge >= 0.3 is 10.1 Å². The number of hydrogen-bond donors (Lipinski definition) is 1. The van der Waals surface area contributed by atoms with E-state index in [1.807, 2.05) is 13.0 Å². The van der Waals surface area contributed by atoms with E-state index < -0.39 is 10.1 Å². The van der Waals surface area contributed by atoms with E-state index in [9.17, 15) is 8.42 Å². The molecule has 1 heterocycles. The first kappa shape index (κ1) is 13.9. The maximum Gasteiger partial charge on any atom is 0.339 e. The van der Waals surface area contributed by atoms with Crippen LogP contribution in [-0.4, -0.2) is 15.0 Å². The highest BCUT2D eigenvalue weighted by Crippen LogP contribution is 2.32. The third kappa shape index (κ3) is 2.88. The zero-order valence-electron chi connectivity index (χ0n) is 11.8. The van der Waals surface area contributed by atoms with Crippen LogP contribution < -0.4 is 9.50 Å². The van der Waals surface area contributed by atoms with Crippen LogP contribution in [0.25, 0.3) is 0 Å². The fraction of sp³-hybridized carbons (Fsp3) is 0.250. The molecule has 0 spiro atoms. The average molecular weight is 303 g/mol. The van der Waals surface area contributed by atoms with E-state index in [0.717, 1.165) is 36.2 Å². The van der Waals surface area contributed by atoms with Crippen LogP contribution in [0.5, 0.6) is 5.75 Å². The Balaban J connectivity index is 1.94. The lowest BCUT2D eigenvalue weighted by Crippen LogP contribution is -2.15. The van der Waals surface area contributed by atoms with Gasteiger partial charge in [0.1, 0.15) is 10.6 Å². The van der Waals surface area contributed by atoms with Crippen LogP contribution in [-0.2, 0) is 16.5 Å². The molecule has 0 aliphatic carbocycles. The van der Waals surface area contributed by atoms with Crippen molar-refractivity contribution in [2.45, 2.75) is 24.7 Å². The van der Waals surface area contributed by atoms with Crippen molar-refractivity contribution in [2.75, 3.05) is 11.9 Å². The van der Waals surface area contributed by atoms with Crippen LogP contribution in [0.1, 0.15) is 17.5 Å². The smallest absolute Gasteiger partial charge is 0.339 e. The van der Waals surface area contributed by atoms with Gasteiger partial charge in [-0.15, -0.1) is 0 Å². The first-order valence-corrected chi connectivity index (χ1v) is 8.34. The van der Waals surface area contributed by atoms with Gasteiger partial charge in [0.25, 0.3) is 0 Å². The highest BCUT2D eigenvalue weighted by molar-refractivity contribution is 7.87. The molecule has 2 aromatic rings. The summed E-state index contributed by atoms with van der Waals surface area (Å²) in [5.41, 5.74) is 2.90. The molecule has 4 nitrogen and oxygen atoms in total. The molecule has 0 unspecified atom stereocenters. The summed E-state index contributed by atoms with van der Waals surface area (Å²) in [6.45, 7) is 2.82. The van der Waals surface area contributed by atoms with E-state index in [1.165, 1.54) is 0 Å². The van der Waals surface area contributed by atoms with Crippen molar-refractivity contribution in [3.05, 3.63) is 53.6 Å². The number of hydrogen-bond acceptors (Lipinski definition) is 4. The third-order valence-corrected chi connectivity index (χ3v) is 4.81. The molecular weight excluding hydrogens is 286 g/mol. The quantitative estimate of drug-likeness (QED) is 0.885. The minimum Gasteiger partial charge on any atom is -0.385 e. The van der Waals surface area contributed by atoms with Gasteiger partial charge in [0.15, 0.2) is 0 Å². The molecule has 110 valence electrons. The number of benzene rings is 2. The van der Waals surface area contributed by atoms with E-state index in [-0.39, 0.29) is 4.90 Å². The Kier molecular flexibility index (Phi) is 3.59. The van der Waals surface area contributed by atoms with Crippen molar-refractivity contribution in [1.82, 2.24) is 0 Å². The standard InChI is InChI=1S/C16H17NO3S/c1-12-7-9-13(10-8-12)21(18,19)20-16-6-2-5-15-14(16)4-3-11-17-15/h2,5-10,17H,3-4,11H2,1H3. The van der Waals surface area contributed by atoms with Crippen LogP contribution in [0.4, 0.5) is 5.69 Å². The summed E-state index contributed by atoms with van der Waals surface area (Å²) in [6.07, 6.45) is 1.79. The van der Waals surface area contributed by atoms with Crippen LogP contribution >= 0.6 is 0 Å². The summed E-state index contributed by atoms with van der Waals surface area (Å²) in [5.74, 6) is 0.417. The molecular formula is C16H17NO3S. The summed E-state index contributed by atoms with van der Waals surface area (Å²) < 4.78 is 30.1. The summed E-state index contributed by atoms with van der Waals surface area (Å²) >= 11 is 0. The van der Waals surface area contributed by atoms with Gasteiger partial charge in [0, 0.05) is 17.8 Å². The monoisotopic (exact) mass is 303 g/mol. The number of rotatable bonds is 3. The lowest BCUT2D eigenvalue weighted by molar-refractivity contribution is 0.482. The van der Waals surface area contributed by atoms with Crippen molar-refractivity contribution in [2.24, 2.45) is 0 Å². The Hall–Kier alpha value is -2.01. The van der Waals surface area contributed by atoms with Crippen LogP contribution in [0.2, 0.25) is 0 Å². The molecule has 0 saturated carbocycles. The normalized spacial score (nSPS) is 14.1. The molecule has 0 amide bonds. The Morgan fingerprint density at radius 2 is 1.86 bits per heavy atom. The molecule has 0 bridgehead atoms. The number of anilines is 1.